The molecule has 1 nitrogen and oxygen atoms in total. The summed E-state index contributed by atoms with van der Waals surface area (Å²) >= 11 is 3.47. The van der Waals surface area contributed by atoms with Crippen molar-refractivity contribution in [2.75, 3.05) is 0 Å². The van der Waals surface area contributed by atoms with Crippen LogP contribution < -0.4 is 0 Å². The molecule has 15 heavy (non-hydrogen) atoms. The minimum atomic E-state index is 0.192. The van der Waals surface area contributed by atoms with E-state index in [2.05, 4.69) is 41.1 Å². The molecule has 2 heteroatoms. The third kappa shape index (κ3) is 2.69. The van der Waals surface area contributed by atoms with Crippen LogP contribution in [0.25, 0.3) is 0 Å². The molecule has 0 saturated heterocycles. The SMILES string of the molecule is CC1(Cc2cccc(Br)c2)CCC(=O)C1. The Morgan fingerprint density at radius 3 is 2.87 bits per heavy atom. The summed E-state index contributed by atoms with van der Waals surface area (Å²) in [4.78, 5) is 11.3. The van der Waals surface area contributed by atoms with E-state index in [9.17, 15) is 4.79 Å². The summed E-state index contributed by atoms with van der Waals surface area (Å²) in [5.74, 6) is 0.424. The first-order chi connectivity index (χ1) is 7.07. The van der Waals surface area contributed by atoms with E-state index in [-0.39, 0.29) is 5.41 Å². The van der Waals surface area contributed by atoms with Crippen molar-refractivity contribution in [2.24, 2.45) is 5.41 Å². The van der Waals surface area contributed by atoms with Crippen LogP contribution in [0.1, 0.15) is 31.7 Å². The van der Waals surface area contributed by atoms with Crippen molar-refractivity contribution in [1.82, 2.24) is 0 Å². The van der Waals surface area contributed by atoms with E-state index in [1.165, 1.54) is 5.56 Å². The molecule has 2 rings (SSSR count). The lowest BCUT2D eigenvalue weighted by molar-refractivity contribution is -0.117. The van der Waals surface area contributed by atoms with Gasteiger partial charge in [0.15, 0.2) is 0 Å². The lowest BCUT2D eigenvalue weighted by Crippen LogP contribution is -2.15. The number of halogens is 1. The molecule has 0 radical (unpaired) electrons. The Hall–Kier alpha value is -0.630. The maximum atomic E-state index is 11.3. The zero-order chi connectivity index (χ0) is 10.9. The van der Waals surface area contributed by atoms with Crippen LogP contribution in [0.4, 0.5) is 0 Å². The maximum absolute atomic E-state index is 11.3. The van der Waals surface area contributed by atoms with Gasteiger partial charge < -0.3 is 0 Å². The highest BCUT2D eigenvalue weighted by molar-refractivity contribution is 9.10. The predicted molar refractivity (Wildman–Crippen MR) is 64.8 cm³/mol. The van der Waals surface area contributed by atoms with Gasteiger partial charge in [-0.05, 0) is 36.0 Å². The molecule has 0 spiro atoms. The molecule has 0 aromatic heterocycles. The van der Waals surface area contributed by atoms with E-state index in [1.807, 2.05) is 6.07 Å². The van der Waals surface area contributed by atoms with E-state index < -0.39 is 0 Å². The predicted octanol–water partition coefficient (Wildman–Crippen LogP) is 3.75. The maximum Gasteiger partial charge on any atom is 0.133 e. The number of hydrogen-bond acceptors (Lipinski definition) is 1. The molecule has 0 N–H and O–H groups in total. The topological polar surface area (TPSA) is 17.1 Å². The van der Waals surface area contributed by atoms with Crippen molar-refractivity contribution in [3.05, 3.63) is 34.3 Å². The third-order valence-corrected chi connectivity index (χ3v) is 3.64. The average Bonchev–Trinajstić information content (AvgIpc) is 2.45. The highest BCUT2D eigenvalue weighted by Gasteiger charge is 2.33. The molecule has 1 aliphatic carbocycles. The van der Waals surface area contributed by atoms with Crippen molar-refractivity contribution in [3.8, 4) is 0 Å². The van der Waals surface area contributed by atoms with E-state index in [1.54, 1.807) is 0 Å². The summed E-state index contributed by atoms with van der Waals surface area (Å²) in [5.41, 5.74) is 1.51. The lowest BCUT2D eigenvalue weighted by atomic mass is 9.82. The van der Waals surface area contributed by atoms with Crippen molar-refractivity contribution >= 4 is 21.7 Å². The summed E-state index contributed by atoms with van der Waals surface area (Å²) in [6.07, 6.45) is 3.57. The van der Waals surface area contributed by atoms with Crippen molar-refractivity contribution < 1.29 is 4.79 Å². The Morgan fingerprint density at radius 1 is 1.47 bits per heavy atom. The van der Waals surface area contributed by atoms with Gasteiger partial charge in [0.25, 0.3) is 0 Å². The fourth-order valence-electron chi connectivity index (χ4n) is 2.38. The van der Waals surface area contributed by atoms with Crippen LogP contribution in [0.15, 0.2) is 28.7 Å². The normalized spacial score (nSPS) is 25.9. The fraction of sp³-hybridized carbons (Fsp3) is 0.462. The zero-order valence-corrected chi connectivity index (χ0v) is 10.5. The van der Waals surface area contributed by atoms with E-state index in [0.717, 1.165) is 30.2 Å². The van der Waals surface area contributed by atoms with E-state index >= 15 is 0 Å². The molecule has 1 aliphatic rings. The van der Waals surface area contributed by atoms with E-state index in [4.69, 9.17) is 0 Å². The molecular weight excluding hydrogens is 252 g/mol. The first kappa shape index (κ1) is 10.9. The highest BCUT2D eigenvalue weighted by atomic mass is 79.9. The molecule has 0 amide bonds. The second-order valence-electron chi connectivity index (χ2n) is 4.83. The van der Waals surface area contributed by atoms with Crippen molar-refractivity contribution in [1.29, 1.82) is 0 Å². The average molecular weight is 267 g/mol. The first-order valence-electron chi connectivity index (χ1n) is 5.34. The molecule has 0 heterocycles. The fourth-order valence-corrected chi connectivity index (χ4v) is 2.83. The van der Waals surface area contributed by atoms with Gasteiger partial charge in [0.2, 0.25) is 0 Å². The van der Waals surface area contributed by atoms with Crippen LogP contribution in [-0.4, -0.2) is 5.78 Å². The van der Waals surface area contributed by atoms with Crippen LogP contribution in [0.3, 0.4) is 0 Å². The van der Waals surface area contributed by atoms with Gasteiger partial charge in [-0.2, -0.15) is 0 Å². The number of hydrogen-bond donors (Lipinski definition) is 0. The standard InChI is InChI=1S/C13H15BrO/c1-13(6-5-12(15)9-13)8-10-3-2-4-11(14)7-10/h2-4,7H,5-6,8-9H2,1H3. The Kier molecular flexibility index (Phi) is 2.96. The van der Waals surface area contributed by atoms with Crippen molar-refractivity contribution in [3.63, 3.8) is 0 Å². The quantitative estimate of drug-likeness (QED) is 0.797. The van der Waals surface area contributed by atoms with Gasteiger partial charge in [-0.1, -0.05) is 35.0 Å². The summed E-state index contributed by atoms with van der Waals surface area (Å²) in [5, 5.41) is 0. The highest BCUT2D eigenvalue weighted by Crippen LogP contribution is 2.38. The molecule has 1 fully saturated rings. The third-order valence-electron chi connectivity index (χ3n) is 3.15. The molecule has 0 bridgehead atoms. The first-order valence-corrected chi connectivity index (χ1v) is 6.13. The molecule has 1 saturated carbocycles. The lowest BCUT2D eigenvalue weighted by Gasteiger charge is -2.22. The Bertz CT molecular complexity index is 386. The van der Waals surface area contributed by atoms with Crippen LogP contribution in [0.5, 0.6) is 0 Å². The summed E-state index contributed by atoms with van der Waals surface area (Å²) in [6, 6.07) is 8.37. The van der Waals surface area contributed by atoms with Gasteiger partial charge in [-0.3, -0.25) is 4.79 Å². The molecule has 80 valence electrons. The minimum Gasteiger partial charge on any atom is -0.300 e. The molecular formula is C13H15BrO. The molecule has 1 aromatic carbocycles. The number of rotatable bonds is 2. The van der Waals surface area contributed by atoms with Crippen LogP contribution >= 0.6 is 15.9 Å². The van der Waals surface area contributed by atoms with Crippen molar-refractivity contribution in [2.45, 2.75) is 32.6 Å². The summed E-state index contributed by atoms with van der Waals surface area (Å²) in [7, 11) is 0. The Balaban J connectivity index is 2.11. The summed E-state index contributed by atoms with van der Waals surface area (Å²) < 4.78 is 1.12. The van der Waals surface area contributed by atoms with Crippen LogP contribution in [0.2, 0.25) is 0 Å². The monoisotopic (exact) mass is 266 g/mol. The van der Waals surface area contributed by atoms with Crippen LogP contribution in [-0.2, 0) is 11.2 Å². The van der Waals surface area contributed by atoms with Gasteiger partial charge >= 0.3 is 0 Å². The molecule has 1 aromatic rings. The second kappa shape index (κ2) is 4.09. The van der Waals surface area contributed by atoms with E-state index in [0.29, 0.717) is 5.78 Å². The smallest absolute Gasteiger partial charge is 0.133 e. The largest absolute Gasteiger partial charge is 0.300 e. The second-order valence-corrected chi connectivity index (χ2v) is 5.75. The van der Waals surface area contributed by atoms with Gasteiger partial charge in [-0.15, -0.1) is 0 Å². The Labute approximate surface area is 99.0 Å². The molecule has 0 aliphatic heterocycles. The molecule has 1 unspecified atom stereocenters. The number of carbonyl (C=O) groups is 1. The van der Waals surface area contributed by atoms with Gasteiger partial charge in [0.1, 0.15) is 5.78 Å². The number of Topliss-reactive ketones (excluding diaryl/α,β-unsaturated/α-hetero) is 1. The molecule has 1 atom stereocenters. The van der Waals surface area contributed by atoms with Gasteiger partial charge in [0.05, 0.1) is 0 Å². The summed E-state index contributed by atoms with van der Waals surface area (Å²) in [6.45, 7) is 2.22. The number of carbonyl (C=O) groups excluding carboxylic acids is 1. The van der Waals surface area contributed by atoms with Crippen LogP contribution in [0, 0.1) is 5.41 Å². The van der Waals surface area contributed by atoms with Gasteiger partial charge in [0, 0.05) is 17.3 Å². The zero-order valence-electron chi connectivity index (χ0n) is 8.92. The minimum absolute atomic E-state index is 0.192. The Morgan fingerprint density at radius 2 is 2.27 bits per heavy atom. The van der Waals surface area contributed by atoms with Gasteiger partial charge in [-0.25, -0.2) is 0 Å². The number of ketones is 1. The number of benzene rings is 1.